The van der Waals surface area contributed by atoms with E-state index in [2.05, 4.69) is 11.4 Å². The van der Waals surface area contributed by atoms with Crippen molar-refractivity contribution in [2.45, 2.75) is 51.2 Å². The molecule has 0 aromatic heterocycles. The summed E-state index contributed by atoms with van der Waals surface area (Å²) in [5.74, 6) is 1.32. The summed E-state index contributed by atoms with van der Waals surface area (Å²) in [4.78, 5) is 26.5. The lowest BCUT2D eigenvalue weighted by molar-refractivity contribution is -0.128. The van der Waals surface area contributed by atoms with Crippen LogP contribution in [0.2, 0.25) is 0 Å². The average Bonchev–Trinajstić information content (AvgIpc) is 3.31. The summed E-state index contributed by atoms with van der Waals surface area (Å²) >= 11 is 0. The molecule has 6 heteroatoms. The summed E-state index contributed by atoms with van der Waals surface area (Å²) in [6.07, 6.45) is 5.04. The first-order chi connectivity index (χ1) is 12.1. The Balaban J connectivity index is 0.00000196. The van der Waals surface area contributed by atoms with E-state index in [0.29, 0.717) is 31.3 Å². The van der Waals surface area contributed by atoms with Gasteiger partial charge in [0.25, 0.3) is 0 Å². The molecule has 4 rings (SSSR count). The molecule has 0 spiro atoms. The van der Waals surface area contributed by atoms with Crippen LogP contribution in [0.4, 0.5) is 0 Å². The van der Waals surface area contributed by atoms with Gasteiger partial charge in [0.1, 0.15) is 0 Å². The van der Waals surface area contributed by atoms with Gasteiger partial charge in [-0.2, -0.15) is 0 Å². The standard InChI is InChI=1S/C20H27N3O2.ClH/c21-19-14-8-7-13(10-14)18(19)20(25)22-11-15-4-1-2-5-16(15)12-23-9-3-6-17(23)24;/h1-2,4-5,13-14,18-19H,3,6-12,21H2,(H,22,25);1H. The number of hydrogen-bond donors (Lipinski definition) is 2. The summed E-state index contributed by atoms with van der Waals surface area (Å²) in [5.41, 5.74) is 8.49. The zero-order chi connectivity index (χ0) is 17.4. The Labute approximate surface area is 161 Å². The third-order valence-corrected chi connectivity index (χ3v) is 6.39. The maximum absolute atomic E-state index is 12.7. The van der Waals surface area contributed by atoms with Crippen molar-refractivity contribution in [3.8, 4) is 0 Å². The molecule has 3 aliphatic rings. The first kappa shape index (κ1) is 19.2. The molecule has 1 aliphatic heterocycles. The number of nitrogens with zero attached hydrogens (tertiary/aromatic N) is 1. The lowest BCUT2D eigenvalue weighted by Gasteiger charge is -2.27. The van der Waals surface area contributed by atoms with E-state index in [1.54, 1.807) is 0 Å². The van der Waals surface area contributed by atoms with Gasteiger partial charge >= 0.3 is 0 Å². The Hall–Kier alpha value is -1.59. The normalized spacial score (nSPS) is 29.7. The van der Waals surface area contributed by atoms with Gasteiger partial charge in [-0.25, -0.2) is 0 Å². The van der Waals surface area contributed by atoms with Crippen LogP contribution in [0, 0.1) is 17.8 Å². The SMILES string of the molecule is Cl.NC1C2CCC(C2)C1C(=O)NCc1ccccc1CN1CCCC1=O. The molecule has 2 bridgehead atoms. The highest BCUT2D eigenvalue weighted by atomic mass is 35.5. The zero-order valence-corrected chi connectivity index (χ0v) is 15.8. The summed E-state index contributed by atoms with van der Waals surface area (Å²) < 4.78 is 0. The smallest absolute Gasteiger partial charge is 0.225 e. The van der Waals surface area contributed by atoms with Crippen LogP contribution in [-0.2, 0) is 22.7 Å². The first-order valence-corrected chi connectivity index (χ1v) is 9.51. The molecule has 0 radical (unpaired) electrons. The van der Waals surface area contributed by atoms with Crippen LogP contribution < -0.4 is 11.1 Å². The Morgan fingerprint density at radius 1 is 1.19 bits per heavy atom. The fourth-order valence-corrected chi connectivity index (χ4v) is 4.99. The second-order valence-corrected chi connectivity index (χ2v) is 7.84. The Morgan fingerprint density at radius 2 is 1.92 bits per heavy atom. The monoisotopic (exact) mass is 377 g/mol. The van der Waals surface area contributed by atoms with Gasteiger partial charge in [0.15, 0.2) is 0 Å². The first-order valence-electron chi connectivity index (χ1n) is 9.51. The molecule has 2 aliphatic carbocycles. The van der Waals surface area contributed by atoms with E-state index in [0.717, 1.165) is 36.9 Å². The van der Waals surface area contributed by atoms with Gasteiger partial charge in [0.2, 0.25) is 11.8 Å². The van der Waals surface area contributed by atoms with E-state index in [1.807, 2.05) is 23.1 Å². The molecule has 3 N–H and O–H groups in total. The number of rotatable bonds is 5. The predicted octanol–water partition coefficient (Wildman–Crippen LogP) is 2.22. The van der Waals surface area contributed by atoms with Crippen LogP contribution in [0.1, 0.15) is 43.2 Å². The summed E-state index contributed by atoms with van der Waals surface area (Å²) in [7, 11) is 0. The van der Waals surface area contributed by atoms with Gasteiger partial charge in [-0.05, 0) is 48.6 Å². The minimum atomic E-state index is -0.0222. The highest BCUT2D eigenvalue weighted by Gasteiger charge is 2.48. The largest absolute Gasteiger partial charge is 0.352 e. The Morgan fingerprint density at radius 3 is 2.58 bits per heavy atom. The van der Waals surface area contributed by atoms with Crippen molar-refractivity contribution in [1.29, 1.82) is 0 Å². The third kappa shape index (κ3) is 3.60. The number of benzene rings is 1. The molecule has 2 amide bonds. The van der Waals surface area contributed by atoms with Gasteiger partial charge in [-0.3, -0.25) is 9.59 Å². The van der Waals surface area contributed by atoms with Crippen molar-refractivity contribution >= 4 is 24.2 Å². The highest BCUT2D eigenvalue weighted by molar-refractivity contribution is 5.85. The molecule has 4 unspecified atom stereocenters. The third-order valence-electron chi connectivity index (χ3n) is 6.39. The van der Waals surface area contributed by atoms with Gasteiger partial charge < -0.3 is 16.0 Å². The average molecular weight is 378 g/mol. The van der Waals surface area contributed by atoms with E-state index in [1.165, 1.54) is 6.42 Å². The highest BCUT2D eigenvalue weighted by Crippen LogP contribution is 2.47. The number of hydrogen-bond acceptors (Lipinski definition) is 3. The van der Waals surface area contributed by atoms with Crippen LogP contribution in [0.5, 0.6) is 0 Å². The summed E-state index contributed by atoms with van der Waals surface area (Å²) in [6, 6.07) is 8.09. The second kappa shape index (κ2) is 7.97. The van der Waals surface area contributed by atoms with E-state index in [9.17, 15) is 9.59 Å². The maximum atomic E-state index is 12.7. The second-order valence-electron chi connectivity index (χ2n) is 7.84. The van der Waals surface area contributed by atoms with E-state index < -0.39 is 0 Å². The number of amides is 2. The van der Waals surface area contributed by atoms with Gasteiger partial charge in [-0.1, -0.05) is 24.3 Å². The fourth-order valence-electron chi connectivity index (χ4n) is 4.99. The number of likely N-dealkylation sites (tertiary alicyclic amines) is 1. The topological polar surface area (TPSA) is 75.4 Å². The fraction of sp³-hybridized carbons (Fsp3) is 0.600. The molecule has 2 saturated carbocycles. The Bertz CT molecular complexity index is 679. The van der Waals surface area contributed by atoms with Crippen molar-refractivity contribution < 1.29 is 9.59 Å². The maximum Gasteiger partial charge on any atom is 0.225 e. The summed E-state index contributed by atoms with van der Waals surface area (Å²) in [6.45, 7) is 1.98. The van der Waals surface area contributed by atoms with Crippen LogP contribution in [0.15, 0.2) is 24.3 Å². The van der Waals surface area contributed by atoms with Crippen LogP contribution in [0.25, 0.3) is 0 Å². The van der Waals surface area contributed by atoms with Crippen molar-refractivity contribution in [1.82, 2.24) is 10.2 Å². The lowest BCUT2D eigenvalue weighted by Crippen LogP contribution is -2.45. The number of carbonyl (C=O) groups excluding carboxylic acids is 2. The lowest BCUT2D eigenvalue weighted by atomic mass is 9.84. The van der Waals surface area contributed by atoms with E-state index >= 15 is 0 Å². The molecule has 5 nitrogen and oxygen atoms in total. The van der Waals surface area contributed by atoms with Crippen LogP contribution >= 0.6 is 12.4 Å². The number of nitrogens with one attached hydrogen (secondary N) is 1. The number of fused-ring (bicyclic) bond motifs is 2. The van der Waals surface area contributed by atoms with E-state index in [4.69, 9.17) is 5.73 Å². The minimum Gasteiger partial charge on any atom is -0.352 e. The molecule has 1 aromatic rings. The Kier molecular flexibility index (Phi) is 5.88. The molecule has 1 heterocycles. The van der Waals surface area contributed by atoms with Crippen molar-refractivity contribution in [3.63, 3.8) is 0 Å². The van der Waals surface area contributed by atoms with Gasteiger partial charge in [-0.15, -0.1) is 12.4 Å². The van der Waals surface area contributed by atoms with Crippen LogP contribution in [0.3, 0.4) is 0 Å². The molecule has 3 fully saturated rings. The number of carbonyl (C=O) groups is 2. The molecule has 1 saturated heterocycles. The molecular weight excluding hydrogens is 350 g/mol. The molecular formula is C20H28ClN3O2. The van der Waals surface area contributed by atoms with Gasteiger partial charge in [0, 0.05) is 32.1 Å². The predicted molar refractivity (Wildman–Crippen MR) is 102 cm³/mol. The quantitative estimate of drug-likeness (QED) is 0.826. The number of nitrogens with two attached hydrogens (primary N) is 1. The van der Waals surface area contributed by atoms with E-state index in [-0.39, 0.29) is 36.2 Å². The molecule has 142 valence electrons. The molecule has 1 aromatic carbocycles. The summed E-state index contributed by atoms with van der Waals surface area (Å²) in [5, 5.41) is 3.11. The van der Waals surface area contributed by atoms with Crippen molar-refractivity contribution in [2.75, 3.05) is 6.54 Å². The van der Waals surface area contributed by atoms with Crippen molar-refractivity contribution in [2.24, 2.45) is 23.5 Å². The zero-order valence-electron chi connectivity index (χ0n) is 15.0. The van der Waals surface area contributed by atoms with Crippen LogP contribution in [-0.4, -0.2) is 29.3 Å². The van der Waals surface area contributed by atoms with Crippen molar-refractivity contribution in [3.05, 3.63) is 35.4 Å². The minimum absolute atomic E-state index is 0. The number of halogens is 1. The molecule has 4 atom stereocenters. The van der Waals surface area contributed by atoms with Gasteiger partial charge in [0.05, 0.1) is 5.92 Å². The molecule has 26 heavy (non-hydrogen) atoms.